The van der Waals surface area contributed by atoms with Crippen LogP contribution in [-0.4, -0.2) is 12.9 Å². The highest BCUT2D eigenvalue weighted by Gasteiger charge is 1.64. The Morgan fingerprint density at radius 1 is 2.00 bits per heavy atom. The molecule has 2 heteroatoms. The fourth-order valence-electron chi connectivity index (χ4n) is 0.102. The van der Waals surface area contributed by atoms with Gasteiger partial charge < -0.3 is 5.32 Å². The van der Waals surface area contributed by atoms with E-state index in [1.54, 1.807) is 11.8 Å². The molecule has 0 aliphatic carbocycles. The average Bonchev–Trinajstić information content (AvgIpc) is 1.41. The van der Waals surface area contributed by atoms with E-state index in [4.69, 9.17) is 0 Å². The van der Waals surface area contributed by atoms with Crippen LogP contribution in [0.4, 0.5) is 0 Å². The van der Waals surface area contributed by atoms with Gasteiger partial charge in [-0.15, -0.1) is 11.8 Å². The van der Waals surface area contributed by atoms with Gasteiger partial charge in [0.15, 0.2) is 0 Å². The van der Waals surface area contributed by atoms with Gasteiger partial charge in [-0.2, -0.15) is 0 Å². The molecule has 0 atom stereocenters. The lowest BCUT2D eigenvalue weighted by atomic mass is 11.3. The second-order valence-electron chi connectivity index (χ2n) is 0.702. The van der Waals surface area contributed by atoms with Crippen molar-refractivity contribution in [2.24, 2.45) is 0 Å². The SMILES string of the molecule is [CH2]SCNC. The fraction of sp³-hybridized carbons (Fsp3) is 0.667. The number of hydrogen-bond acceptors (Lipinski definition) is 2. The summed E-state index contributed by atoms with van der Waals surface area (Å²) in [4.78, 5) is 0. The van der Waals surface area contributed by atoms with Crippen LogP contribution in [0.2, 0.25) is 0 Å². The summed E-state index contributed by atoms with van der Waals surface area (Å²) in [6, 6.07) is 0. The Labute approximate surface area is 37.1 Å². The van der Waals surface area contributed by atoms with Crippen molar-refractivity contribution in [1.29, 1.82) is 0 Å². The van der Waals surface area contributed by atoms with Crippen molar-refractivity contribution < 1.29 is 0 Å². The monoisotopic (exact) mass is 90.0 g/mol. The largest absolute Gasteiger partial charge is 0.311 e. The van der Waals surface area contributed by atoms with Gasteiger partial charge in [0.1, 0.15) is 0 Å². The standard InChI is InChI=1S/C3H8NS/c1-4-3-5-2/h4H,2-3H2,1H3. The molecule has 5 heavy (non-hydrogen) atoms. The summed E-state index contributed by atoms with van der Waals surface area (Å²) in [5.74, 6) is 0.944. The van der Waals surface area contributed by atoms with Crippen molar-refractivity contribution in [1.82, 2.24) is 5.32 Å². The molecule has 1 nitrogen and oxygen atoms in total. The van der Waals surface area contributed by atoms with E-state index < -0.39 is 0 Å². The quantitative estimate of drug-likeness (QED) is 0.501. The highest BCUT2D eigenvalue weighted by molar-refractivity contribution is 8.00. The molecule has 0 unspecified atom stereocenters. The van der Waals surface area contributed by atoms with Crippen molar-refractivity contribution in [2.75, 3.05) is 12.9 Å². The lowest BCUT2D eigenvalue weighted by Gasteiger charge is -1.84. The zero-order valence-corrected chi connectivity index (χ0v) is 4.14. The van der Waals surface area contributed by atoms with Gasteiger partial charge in [0, 0.05) is 12.1 Å². The van der Waals surface area contributed by atoms with Crippen LogP contribution in [0.5, 0.6) is 0 Å². The summed E-state index contributed by atoms with van der Waals surface area (Å²) in [5, 5.41) is 2.92. The van der Waals surface area contributed by atoms with E-state index in [2.05, 4.69) is 11.6 Å². The maximum Gasteiger partial charge on any atom is 0.0415 e. The molecule has 0 aromatic carbocycles. The molecule has 1 N–H and O–H groups in total. The molecule has 0 bridgehead atoms. The zero-order valence-electron chi connectivity index (χ0n) is 3.32. The third kappa shape index (κ3) is 4.31. The van der Waals surface area contributed by atoms with Crippen LogP contribution in [0.15, 0.2) is 0 Å². The first-order valence-electron chi connectivity index (χ1n) is 1.43. The Morgan fingerprint density at radius 3 is 2.60 bits per heavy atom. The zero-order chi connectivity index (χ0) is 4.12. The van der Waals surface area contributed by atoms with Crippen LogP contribution in [0.25, 0.3) is 0 Å². The molecule has 0 amide bonds. The lowest BCUT2D eigenvalue weighted by Crippen LogP contribution is -2.01. The van der Waals surface area contributed by atoms with Crippen LogP contribution in [0.1, 0.15) is 0 Å². The number of hydrogen-bond donors (Lipinski definition) is 1. The van der Waals surface area contributed by atoms with Crippen LogP contribution in [-0.2, 0) is 0 Å². The minimum Gasteiger partial charge on any atom is -0.311 e. The molecule has 0 aliphatic rings. The van der Waals surface area contributed by atoms with E-state index in [1.807, 2.05) is 7.05 Å². The highest BCUT2D eigenvalue weighted by Crippen LogP contribution is 1.85. The van der Waals surface area contributed by atoms with E-state index in [-0.39, 0.29) is 0 Å². The second kappa shape index (κ2) is 4.31. The Hall–Kier alpha value is 0.310. The van der Waals surface area contributed by atoms with Gasteiger partial charge in [0.25, 0.3) is 0 Å². The second-order valence-corrected chi connectivity index (χ2v) is 1.40. The summed E-state index contributed by atoms with van der Waals surface area (Å²) < 4.78 is 0. The molecule has 0 spiro atoms. The molecule has 0 saturated carbocycles. The predicted octanol–water partition coefficient (Wildman–Crippen LogP) is 0.688. The average molecular weight is 90.2 g/mol. The van der Waals surface area contributed by atoms with Gasteiger partial charge in [-0.3, -0.25) is 0 Å². The predicted molar refractivity (Wildman–Crippen MR) is 26.9 cm³/mol. The highest BCUT2D eigenvalue weighted by atomic mass is 32.2. The minimum absolute atomic E-state index is 0.944. The van der Waals surface area contributed by atoms with Crippen molar-refractivity contribution >= 4 is 11.8 Å². The molecule has 0 aromatic heterocycles. The molecule has 1 radical (unpaired) electrons. The number of rotatable bonds is 2. The minimum atomic E-state index is 0.944. The van der Waals surface area contributed by atoms with Crippen LogP contribution < -0.4 is 5.32 Å². The molecule has 31 valence electrons. The molecule has 0 aromatic rings. The Kier molecular flexibility index (Phi) is 4.58. The van der Waals surface area contributed by atoms with Crippen LogP contribution in [0, 0.1) is 6.26 Å². The van der Waals surface area contributed by atoms with Crippen molar-refractivity contribution in [2.45, 2.75) is 0 Å². The van der Waals surface area contributed by atoms with Gasteiger partial charge >= 0.3 is 0 Å². The van der Waals surface area contributed by atoms with Gasteiger partial charge in [0.2, 0.25) is 0 Å². The number of thioether (sulfide) groups is 1. The Morgan fingerprint density at radius 2 is 2.60 bits per heavy atom. The first kappa shape index (κ1) is 5.31. The molecule has 0 saturated heterocycles. The van der Waals surface area contributed by atoms with Gasteiger partial charge in [0.05, 0.1) is 0 Å². The third-order valence-corrected chi connectivity index (χ3v) is 0.739. The Balaban J connectivity index is 2.19. The molecule has 0 aliphatic heterocycles. The summed E-state index contributed by atoms with van der Waals surface area (Å²) in [7, 11) is 1.90. The summed E-state index contributed by atoms with van der Waals surface area (Å²) in [6.45, 7) is 0. The van der Waals surface area contributed by atoms with Crippen LogP contribution >= 0.6 is 11.8 Å². The van der Waals surface area contributed by atoms with E-state index in [1.165, 1.54) is 0 Å². The molecular weight excluding hydrogens is 82.1 g/mol. The van der Waals surface area contributed by atoms with Crippen molar-refractivity contribution in [3.63, 3.8) is 0 Å². The van der Waals surface area contributed by atoms with Crippen LogP contribution in [0.3, 0.4) is 0 Å². The van der Waals surface area contributed by atoms with Gasteiger partial charge in [-0.1, -0.05) is 0 Å². The topological polar surface area (TPSA) is 12.0 Å². The maximum atomic E-state index is 3.53. The third-order valence-electron chi connectivity index (χ3n) is 0.246. The van der Waals surface area contributed by atoms with E-state index in [0.717, 1.165) is 5.88 Å². The smallest absolute Gasteiger partial charge is 0.0415 e. The Bertz CT molecular complexity index is 14.4. The normalized spacial score (nSPS) is 8.40. The lowest BCUT2D eigenvalue weighted by molar-refractivity contribution is 0.985. The summed E-state index contributed by atoms with van der Waals surface area (Å²) in [5.41, 5.74) is 0. The number of nitrogens with one attached hydrogen (secondary N) is 1. The summed E-state index contributed by atoms with van der Waals surface area (Å²) in [6.07, 6.45) is 3.53. The van der Waals surface area contributed by atoms with E-state index in [9.17, 15) is 0 Å². The first-order chi connectivity index (χ1) is 2.41. The summed E-state index contributed by atoms with van der Waals surface area (Å²) >= 11 is 1.54. The van der Waals surface area contributed by atoms with E-state index in [0.29, 0.717) is 0 Å². The van der Waals surface area contributed by atoms with Gasteiger partial charge in [-0.25, -0.2) is 0 Å². The van der Waals surface area contributed by atoms with E-state index >= 15 is 0 Å². The molecular formula is C3H8NS. The molecule has 0 fully saturated rings. The maximum absolute atomic E-state index is 3.53. The van der Waals surface area contributed by atoms with Crippen molar-refractivity contribution in [3.8, 4) is 0 Å². The van der Waals surface area contributed by atoms with Crippen molar-refractivity contribution in [3.05, 3.63) is 6.26 Å². The fourth-order valence-corrected chi connectivity index (χ4v) is 0.306. The molecule has 0 rings (SSSR count). The van der Waals surface area contributed by atoms with Gasteiger partial charge in [-0.05, 0) is 7.05 Å². The molecule has 0 heterocycles. The first-order valence-corrected chi connectivity index (χ1v) is 2.59.